The molecule has 0 bridgehead atoms. The molecule has 1 N–H and O–H groups in total. The first-order valence-corrected chi connectivity index (χ1v) is 12.9. The molecule has 0 spiro atoms. The number of carbonyl (C=O) groups excluding carboxylic acids is 4. The van der Waals surface area contributed by atoms with Gasteiger partial charge < -0.3 is 19.9 Å². The summed E-state index contributed by atoms with van der Waals surface area (Å²) in [6, 6.07) is -1.08. The summed E-state index contributed by atoms with van der Waals surface area (Å²) in [5.41, 5.74) is -0.478. The van der Waals surface area contributed by atoms with E-state index in [9.17, 15) is 19.2 Å². The predicted molar refractivity (Wildman–Crippen MR) is 140 cm³/mol. The van der Waals surface area contributed by atoms with Crippen LogP contribution < -0.4 is 5.32 Å². The van der Waals surface area contributed by atoms with Crippen LogP contribution in [0.25, 0.3) is 0 Å². The second-order valence-electron chi connectivity index (χ2n) is 11.6. The van der Waals surface area contributed by atoms with Crippen LogP contribution in [0.15, 0.2) is 0 Å². The van der Waals surface area contributed by atoms with Crippen molar-refractivity contribution in [2.45, 2.75) is 72.0 Å². The van der Waals surface area contributed by atoms with Crippen LogP contribution in [0.2, 0.25) is 0 Å². The molecule has 1 saturated heterocycles. The third-order valence-corrected chi connectivity index (χ3v) is 7.01. The molecule has 1 unspecified atom stereocenters. The molecule has 208 valence electrons. The minimum atomic E-state index is -0.676. The van der Waals surface area contributed by atoms with E-state index in [2.05, 4.69) is 15.0 Å². The van der Waals surface area contributed by atoms with Crippen molar-refractivity contribution >= 4 is 23.7 Å². The Morgan fingerprint density at radius 2 is 1.67 bits per heavy atom. The van der Waals surface area contributed by atoms with Crippen LogP contribution in [-0.4, -0.2) is 123 Å². The van der Waals surface area contributed by atoms with Gasteiger partial charge in [-0.3, -0.25) is 29.0 Å². The van der Waals surface area contributed by atoms with Gasteiger partial charge in [0.25, 0.3) is 0 Å². The summed E-state index contributed by atoms with van der Waals surface area (Å²) in [6.45, 7) is 11.3. The number of nitrogens with one attached hydrogen (secondary N) is 1. The fraction of sp³-hybridized carbons (Fsp3) is 0.846. The Labute approximate surface area is 217 Å². The maximum atomic E-state index is 13.8. The van der Waals surface area contributed by atoms with Gasteiger partial charge in [-0.25, -0.2) is 0 Å². The summed E-state index contributed by atoms with van der Waals surface area (Å²) < 4.78 is 4.63. The molecule has 0 radical (unpaired) electrons. The number of nitrogens with zero attached hydrogens (tertiary/aromatic N) is 4. The molecule has 0 saturated carbocycles. The van der Waals surface area contributed by atoms with Gasteiger partial charge in [-0.1, -0.05) is 41.0 Å². The summed E-state index contributed by atoms with van der Waals surface area (Å²) >= 11 is 0. The highest BCUT2D eigenvalue weighted by Crippen LogP contribution is 2.24. The summed E-state index contributed by atoms with van der Waals surface area (Å²) in [4.78, 5) is 57.9. The molecule has 0 aliphatic carbocycles. The molecule has 1 rings (SSSR count). The molecule has 0 aromatic heterocycles. The molecule has 36 heavy (non-hydrogen) atoms. The minimum absolute atomic E-state index is 0.101. The molecule has 1 aliphatic heterocycles. The highest BCUT2D eigenvalue weighted by molar-refractivity contribution is 5.90. The maximum absolute atomic E-state index is 13.8. The average Bonchev–Trinajstić information content (AvgIpc) is 2.79. The molecule has 0 aromatic carbocycles. The van der Waals surface area contributed by atoms with Crippen molar-refractivity contribution in [3.63, 3.8) is 0 Å². The normalized spacial score (nSPS) is 18.5. The van der Waals surface area contributed by atoms with Crippen LogP contribution in [0.1, 0.15) is 53.9 Å². The van der Waals surface area contributed by atoms with Crippen LogP contribution in [0, 0.1) is 11.3 Å². The number of esters is 1. The Balaban J connectivity index is 2.94. The number of hydrogen-bond donors (Lipinski definition) is 1. The van der Waals surface area contributed by atoms with Gasteiger partial charge in [-0.15, -0.1) is 0 Å². The molecule has 3 amide bonds. The van der Waals surface area contributed by atoms with Gasteiger partial charge in [-0.05, 0) is 44.8 Å². The number of methoxy groups -OCH3 is 1. The van der Waals surface area contributed by atoms with Gasteiger partial charge in [-0.2, -0.15) is 0 Å². The lowest BCUT2D eigenvalue weighted by Gasteiger charge is -2.40. The number of carbonyl (C=O) groups is 4. The lowest BCUT2D eigenvalue weighted by atomic mass is 9.84. The molecule has 1 aliphatic rings. The summed E-state index contributed by atoms with van der Waals surface area (Å²) in [7, 11) is 8.39. The number of likely N-dealkylation sites (tertiary alicyclic amines) is 1. The summed E-state index contributed by atoms with van der Waals surface area (Å²) in [5.74, 6) is -0.818. The third-order valence-electron chi connectivity index (χ3n) is 7.01. The van der Waals surface area contributed by atoms with Crippen molar-refractivity contribution in [2.75, 3.05) is 61.5 Å². The quantitative estimate of drug-likeness (QED) is 0.414. The zero-order chi connectivity index (χ0) is 27.8. The van der Waals surface area contributed by atoms with Crippen LogP contribution in [0.5, 0.6) is 0 Å². The van der Waals surface area contributed by atoms with Crippen LogP contribution in [-0.2, 0) is 23.9 Å². The molecular weight excluding hydrogens is 462 g/mol. The van der Waals surface area contributed by atoms with Gasteiger partial charge in [0.05, 0.1) is 19.7 Å². The minimum Gasteiger partial charge on any atom is -0.468 e. The zero-order valence-electron chi connectivity index (χ0n) is 24.1. The Morgan fingerprint density at radius 1 is 1.06 bits per heavy atom. The monoisotopic (exact) mass is 511 g/mol. The van der Waals surface area contributed by atoms with Gasteiger partial charge in [0.15, 0.2) is 0 Å². The summed E-state index contributed by atoms with van der Waals surface area (Å²) in [6.07, 6.45) is 2.88. The van der Waals surface area contributed by atoms with Crippen molar-refractivity contribution in [2.24, 2.45) is 11.3 Å². The number of hydrogen-bond acceptors (Lipinski definition) is 7. The molecule has 10 heteroatoms. The van der Waals surface area contributed by atoms with E-state index in [0.717, 1.165) is 25.8 Å². The molecule has 3 atom stereocenters. The third kappa shape index (κ3) is 9.35. The lowest BCUT2D eigenvalue weighted by molar-refractivity contribution is -0.146. The predicted octanol–water partition coefficient (Wildman–Crippen LogP) is 1.05. The molecule has 10 nitrogen and oxygen atoms in total. The highest BCUT2D eigenvalue weighted by atomic mass is 16.5. The SMILES string of the molecule is COC(=O)CN(C)C(=O)CN(C)C[C@H](C(C)C)N(C)C(=O)[C@@H](NC(=O)C1CCCCN1C)C(C)(C)C. The number of rotatable bonds is 11. The van der Waals surface area contributed by atoms with E-state index in [1.807, 2.05) is 53.6 Å². The van der Waals surface area contributed by atoms with Crippen LogP contribution >= 0.6 is 0 Å². The zero-order valence-corrected chi connectivity index (χ0v) is 24.1. The molecule has 1 fully saturated rings. The second kappa shape index (κ2) is 13.9. The summed E-state index contributed by atoms with van der Waals surface area (Å²) in [5, 5.41) is 3.07. The van der Waals surface area contributed by atoms with E-state index in [1.165, 1.54) is 12.0 Å². The first-order chi connectivity index (χ1) is 16.6. The Morgan fingerprint density at radius 3 is 2.17 bits per heavy atom. The van der Waals surface area contributed by atoms with Crippen LogP contribution in [0.4, 0.5) is 0 Å². The molecule has 0 aromatic rings. The van der Waals surface area contributed by atoms with Crippen molar-refractivity contribution < 1.29 is 23.9 Å². The van der Waals surface area contributed by atoms with Gasteiger partial charge in [0.1, 0.15) is 12.6 Å². The fourth-order valence-electron chi connectivity index (χ4n) is 4.52. The Kier molecular flexibility index (Phi) is 12.3. The van der Waals surface area contributed by atoms with Crippen molar-refractivity contribution in [1.82, 2.24) is 24.9 Å². The van der Waals surface area contributed by atoms with E-state index in [1.54, 1.807) is 19.0 Å². The average molecular weight is 512 g/mol. The highest BCUT2D eigenvalue weighted by Gasteiger charge is 2.39. The van der Waals surface area contributed by atoms with E-state index < -0.39 is 17.4 Å². The largest absolute Gasteiger partial charge is 0.468 e. The van der Waals surface area contributed by atoms with Crippen molar-refractivity contribution in [3.8, 4) is 0 Å². The molecular formula is C26H49N5O5. The van der Waals surface area contributed by atoms with Crippen molar-refractivity contribution in [3.05, 3.63) is 0 Å². The first kappa shape index (κ1) is 31.8. The number of amides is 3. The maximum Gasteiger partial charge on any atom is 0.325 e. The van der Waals surface area contributed by atoms with Crippen LogP contribution in [0.3, 0.4) is 0 Å². The smallest absolute Gasteiger partial charge is 0.325 e. The van der Waals surface area contributed by atoms with Gasteiger partial charge in [0.2, 0.25) is 17.7 Å². The fourth-order valence-corrected chi connectivity index (χ4v) is 4.52. The first-order valence-electron chi connectivity index (χ1n) is 12.9. The number of ether oxygens (including phenoxy) is 1. The number of piperidine rings is 1. The van der Waals surface area contributed by atoms with Gasteiger partial charge >= 0.3 is 5.97 Å². The Hall–Kier alpha value is -2.20. The van der Waals surface area contributed by atoms with E-state index in [-0.39, 0.29) is 48.8 Å². The van der Waals surface area contributed by atoms with E-state index >= 15 is 0 Å². The van der Waals surface area contributed by atoms with Gasteiger partial charge in [0, 0.05) is 26.7 Å². The molecule has 1 heterocycles. The van der Waals surface area contributed by atoms with Crippen molar-refractivity contribution in [1.29, 1.82) is 0 Å². The Bertz CT molecular complexity index is 766. The second-order valence-corrected chi connectivity index (χ2v) is 11.6. The van der Waals surface area contributed by atoms with E-state index in [4.69, 9.17) is 0 Å². The topological polar surface area (TPSA) is 102 Å². The lowest BCUT2D eigenvalue weighted by Crippen LogP contribution is -2.60. The van der Waals surface area contributed by atoms with E-state index in [0.29, 0.717) is 6.54 Å². The standard InChI is InChI=1S/C26H49N5O5/c1-18(2)20(15-28(6)16-21(32)30(8)17-22(33)36-10)31(9)25(35)23(26(3,4)5)27-24(34)19-13-11-12-14-29(19)7/h18-20,23H,11-17H2,1-10H3,(H,27,34)/t19?,20-,23-/m1/s1. The number of likely N-dealkylation sites (N-methyl/N-ethyl adjacent to an activating group) is 4.